The lowest BCUT2D eigenvalue weighted by molar-refractivity contribution is -0.131. The van der Waals surface area contributed by atoms with Crippen molar-refractivity contribution < 1.29 is 31.6 Å². The molecule has 12 nitrogen and oxygen atoms in total. The van der Waals surface area contributed by atoms with Crippen LogP contribution in [0.3, 0.4) is 0 Å². The highest BCUT2D eigenvalue weighted by Crippen LogP contribution is 2.47. The van der Waals surface area contributed by atoms with Crippen LogP contribution in [0, 0.1) is 0 Å². The highest BCUT2D eigenvalue weighted by Gasteiger charge is 2.41. The molecule has 0 unspecified atom stereocenters. The Kier molecular flexibility index (Phi) is 13.7. The van der Waals surface area contributed by atoms with Gasteiger partial charge in [0.25, 0.3) is 17.7 Å². The molecule has 0 radical (unpaired) electrons. The smallest absolute Gasteiger partial charge is 0.315 e. The number of ketones is 1. The Morgan fingerprint density at radius 3 is 1.48 bits per heavy atom. The van der Waals surface area contributed by atoms with Crippen molar-refractivity contribution in [3.8, 4) is 11.5 Å². The molecule has 4 aliphatic rings. The second-order valence-electron chi connectivity index (χ2n) is 17.3. The average molecular weight is 868 g/mol. The molecule has 2 saturated heterocycles. The van der Waals surface area contributed by atoms with Crippen LogP contribution in [0.2, 0.25) is 0 Å². The van der Waals surface area contributed by atoms with Gasteiger partial charge in [-0.05, 0) is 99.6 Å². The van der Waals surface area contributed by atoms with Crippen molar-refractivity contribution in [2.75, 3.05) is 42.5 Å². The normalized spacial score (nSPS) is 17.9. The molecular weight excluding hydrogens is 815 g/mol. The summed E-state index contributed by atoms with van der Waals surface area (Å²) in [7, 11) is 0. The minimum absolute atomic E-state index is 0.00788. The molecule has 3 aromatic heterocycles. The summed E-state index contributed by atoms with van der Waals surface area (Å²) in [4.78, 5) is 45.5. The summed E-state index contributed by atoms with van der Waals surface area (Å²) in [6.07, 6.45) is 15.9. The molecule has 2 saturated carbocycles. The summed E-state index contributed by atoms with van der Waals surface area (Å²) in [5.74, 6) is -1.27. The first-order chi connectivity index (χ1) is 30.6. The molecule has 2 aromatic carbocycles. The fourth-order valence-corrected chi connectivity index (χ4v) is 9.24. The Labute approximate surface area is 364 Å². The van der Waals surface area contributed by atoms with Gasteiger partial charge in [0.15, 0.2) is 5.78 Å². The van der Waals surface area contributed by atoms with E-state index in [2.05, 4.69) is 88.5 Å². The number of hydrogen-bond donors (Lipinski definition) is 1. The Hall–Kier alpha value is -5.80. The number of nitrogens with one attached hydrogen (secondary N) is 1. The molecule has 0 atom stereocenters. The van der Waals surface area contributed by atoms with Crippen molar-refractivity contribution in [1.29, 1.82) is 0 Å². The first-order valence-electron chi connectivity index (χ1n) is 22.1. The number of carbonyl (C=O) groups is 2. The number of aromatic nitrogens is 6. The Morgan fingerprint density at radius 2 is 1.08 bits per heavy atom. The lowest BCUT2D eigenvalue weighted by atomic mass is 9.62. The Balaban J connectivity index is 0.000000173. The zero-order chi connectivity index (χ0) is 43.8. The van der Waals surface area contributed by atoms with Gasteiger partial charge in [-0.2, -0.15) is 17.6 Å². The molecule has 1 N–H and O–H groups in total. The van der Waals surface area contributed by atoms with Crippen molar-refractivity contribution in [1.82, 2.24) is 35.5 Å². The van der Waals surface area contributed by atoms with Crippen LogP contribution in [0.5, 0.6) is 0 Å². The highest BCUT2D eigenvalue weighted by molar-refractivity contribution is 5.99. The van der Waals surface area contributed by atoms with Crippen LogP contribution in [0.4, 0.5) is 28.9 Å². The van der Waals surface area contributed by atoms with Gasteiger partial charge in [-0.1, -0.05) is 37.1 Å². The number of benzene rings is 2. The number of amides is 1. The van der Waals surface area contributed by atoms with Crippen LogP contribution in [0.25, 0.3) is 11.5 Å². The van der Waals surface area contributed by atoms with E-state index in [1.54, 1.807) is 12.4 Å². The van der Waals surface area contributed by atoms with E-state index in [-0.39, 0.29) is 22.3 Å². The van der Waals surface area contributed by atoms with Gasteiger partial charge < -0.3 is 19.5 Å². The van der Waals surface area contributed by atoms with Gasteiger partial charge in [-0.15, -0.1) is 10.2 Å². The molecule has 0 spiro atoms. The number of halogens is 4. The minimum atomic E-state index is -3.14. The third-order valence-corrected chi connectivity index (χ3v) is 13.2. The van der Waals surface area contributed by atoms with Gasteiger partial charge in [0, 0.05) is 86.0 Å². The van der Waals surface area contributed by atoms with E-state index in [4.69, 9.17) is 4.42 Å². The first-order valence-corrected chi connectivity index (χ1v) is 22.1. The van der Waals surface area contributed by atoms with E-state index in [0.29, 0.717) is 17.8 Å². The lowest BCUT2D eigenvalue weighted by Crippen LogP contribution is -2.37. The third kappa shape index (κ3) is 10.4. The molecular formula is C47H53F4N9O3. The summed E-state index contributed by atoms with van der Waals surface area (Å²) >= 11 is 0. The number of carbonyl (C=O) groups excluding carboxylic acids is 2. The molecule has 2 aliphatic heterocycles. The molecule has 1 amide bonds. The Bertz CT molecular complexity index is 2270. The first kappa shape index (κ1) is 43.8. The van der Waals surface area contributed by atoms with E-state index < -0.39 is 37.0 Å². The van der Waals surface area contributed by atoms with Gasteiger partial charge >= 0.3 is 12.9 Å². The van der Waals surface area contributed by atoms with E-state index in [1.807, 2.05) is 5.32 Å². The minimum Gasteiger partial charge on any atom is -0.415 e. The van der Waals surface area contributed by atoms with Gasteiger partial charge in [0.05, 0.1) is 17.7 Å². The number of anilines is 2. The SMILES string of the molecule is FC(F)c1nnc(-c2cnc(CC3(c4ccc(N5CCCCC5)cc4)CCC3)nc2)o1.O=C(CNC(=O)C(F)F)c1cnc(CC2(c3ccc(N4CCCCC4)cc3)CCC2)nc1. The predicted octanol–water partition coefficient (Wildman–Crippen LogP) is 8.81. The third-order valence-electron chi connectivity index (χ3n) is 13.2. The van der Waals surface area contributed by atoms with Crippen LogP contribution >= 0.6 is 0 Å². The number of rotatable bonds is 14. The van der Waals surface area contributed by atoms with Gasteiger partial charge in [0.1, 0.15) is 11.6 Å². The van der Waals surface area contributed by atoms with E-state index >= 15 is 0 Å². The largest absolute Gasteiger partial charge is 0.415 e. The highest BCUT2D eigenvalue weighted by atomic mass is 19.3. The molecule has 4 fully saturated rings. The predicted molar refractivity (Wildman–Crippen MR) is 229 cm³/mol. The van der Waals surface area contributed by atoms with E-state index in [1.165, 1.54) is 79.8 Å². The zero-order valence-corrected chi connectivity index (χ0v) is 35.3. The number of hydrogen-bond acceptors (Lipinski definition) is 11. The summed E-state index contributed by atoms with van der Waals surface area (Å²) in [5, 5.41) is 8.91. The average Bonchev–Trinajstić information content (AvgIpc) is 3.81. The van der Waals surface area contributed by atoms with E-state index in [9.17, 15) is 27.2 Å². The molecule has 63 heavy (non-hydrogen) atoms. The van der Waals surface area contributed by atoms with Crippen LogP contribution in [0.15, 0.2) is 77.7 Å². The standard InChI is InChI=1S/C24H28F2N4O2.C23H25F2N5O/c25-22(26)23(32)29-16-20(31)17-14-27-21(28-15-17)13-24(9-4-10-24)18-5-7-19(8-6-18)30-11-2-1-3-12-30;24-20(25)22-29-28-21(31-22)16-14-26-19(27-15-16)13-23(9-4-10-23)17-5-7-18(8-6-17)30-11-2-1-3-12-30/h5-8,14-15,22H,1-4,9-13,16H2,(H,29,32);5-8,14-15,20H,1-4,9-13H2. The number of piperidine rings is 2. The molecule has 5 heterocycles. The summed E-state index contributed by atoms with van der Waals surface area (Å²) in [5.41, 5.74) is 5.93. The zero-order valence-electron chi connectivity index (χ0n) is 35.3. The van der Waals surface area contributed by atoms with Crippen molar-refractivity contribution in [3.05, 3.63) is 108 Å². The summed E-state index contributed by atoms with van der Waals surface area (Å²) in [6, 6.07) is 17.9. The van der Waals surface area contributed by atoms with Gasteiger partial charge in [0.2, 0.25) is 0 Å². The second-order valence-corrected chi connectivity index (χ2v) is 17.3. The van der Waals surface area contributed by atoms with E-state index in [0.717, 1.165) is 70.5 Å². The lowest BCUT2D eigenvalue weighted by Gasteiger charge is -2.42. The number of Topliss-reactive ketones (excluding diaryl/α,β-unsaturated/α-hetero) is 1. The van der Waals surface area contributed by atoms with Crippen molar-refractivity contribution in [2.24, 2.45) is 0 Å². The van der Waals surface area contributed by atoms with Crippen LogP contribution in [0.1, 0.15) is 122 Å². The number of nitrogens with zero attached hydrogens (tertiary/aromatic N) is 8. The van der Waals surface area contributed by atoms with Crippen LogP contribution < -0.4 is 15.1 Å². The number of alkyl halides is 4. The molecule has 0 bridgehead atoms. The van der Waals surface area contributed by atoms with Gasteiger partial charge in [-0.3, -0.25) is 9.59 Å². The quantitative estimate of drug-likeness (QED) is 0.0845. The summed E-state index contributed by atoms with van der Waals surface area (Å²) < 4.78 is 54.8. The van der Waals surface area contributed by atoms with Crippen molar-refractivity contribution >= 4 is 23.1 Å². The molecule has 9 rings (SSSR count). The van der Waals surface area contributed by atoms with Crippen LogP contribution in [-0.2, 0) is 28.5 Å². The molecule has 332 valence electrons. The van der Waals surface area contributed by atoms with Crippen LogP contribution in [-0.4, -0.2) is 81.0 Å². The maximum atomic E-state index is 12.7. The monoisotopic (exact) mass is 867 g/mol. The van der Waals surface area contributed by atoms with Crippen molar-refractivity contribution in [2.45, 2.75) is 114 Å². The molecule has 5 aromatic rings. The maximum absolute atomic E-state index is 12.7. The topological polar surface area (TPSA) is 143 Å². The fourth-order valence-electron chi connectivity index (χ4n) is 9.24. The molecule has 16 heteroatoms. The maximum Gasteiger partial charge on any atom is 0.315 e. The summed E-state index contributed by atoms with van der Waals surface area (Å²) in [6.45, 7) is 4.02. The second kappa shape index (κ2) is 19.7. The fraction of sp³-hybridized carbons (Fsp3) is 0.489. The Morgan fingerprint density at radius 1 is 0.619 bits per heavy atom. The van der Waals surface area contributed by atoms with Crippen molar-refractivity contribution in [3.63, 3.8) is 0 Å². The molecule has 2 aliphatic carbocycles. The van der Waals surface area contributed by atoms with Gasteiger partial charge in [-0.25, -0.2) is 19.9 Å².